The number of carbonyl (C=O) groups excluding carboxylic acids is 3. The molecule has 0 aliphatic carbocycles. The van der Waals surface area contributed by atoms with Gasteiger partial charge in [-0.25, -0.2) is 0 Å². The Hall–Kier alpha value is -3.83. The monoisotopic (exact) mass is 528 g/mol. The number of rotatable bonds is 9. The molecule has 0 atom stereocenters. The maximum Gasteiger partial charge on any atom is 0.270 e. The number of hydrogen-bond acceptors (Lipinski definition) is 9. The molecule has 2 aromatic carbocycles. The van der Waals surface area contributed by atoms with Gasteiger partial charge in [0.1, 0.15) is 5.75 Å². The molecule has 2 amide bonds. The van der Waals surface area contributed by atoms with Gasteiger partial charge in [0.05, 0.1) is 44.6 Å². The summed E-state index contributed by atoms with van der Waals surface area (Å²) < 4.78 is 21.4. The van der Waals surface area contributed by atoms with Gasteiger partial charge in [-0.3, -0.25) is 19.3 Å². The molecule has 9 nitrogen and oxygen atoms in total. The molecule has 0 bridgehead atoms. The number of methoxy groups -OCH3 is 4. The highest BCUT2D eigenvalue weighted by molar-refractivity contribution is 8.26. The van der Waals surface area contributed by atoms with Crippen LogP contribution in [0, 0.1) is 0 Å². The first-order valence-electron chi connectivity index (χ1n) is 10.5. The third kappa shape index (κ3) is 5.69. The highest BCUT2D eigenvalue weighted by Crippen LogP contribution is 2.40. The lowest BCUT2D eigenvalue weighted by molar-refractivity contribution is -0.120. The molecule has 1 saturated heterocycles. The molecular weight excluding hydrogens is 504 g/mol. The van der Waals surface area contributed by atoms with Gasteiger partial charge in [-0.1, -0.05) is 36.1 Å². The van der Waals surface area contributed by atoms with Crippen molar-refractivity contribution >= 4 is 57.7 Å². The second kappa shape index (κ2) is 11.7. The molecule has 2 aromatic rings. The van der Waals surface area contributed by atoms with E-state index in [0.717, 1.165) is 22.9 Å². The third-order valence-corrected chi connectivity index (χ3v) is 6.38. The number of nitrogens with zero attached hydrogens (tertiary/aromatic N) is 1. The topological polar surface area (TPSA) is 103 Å². The Labute approximate surface area is 218 Å². The van der Waals surface area contributed by atoms with Crippen molar-refractivity contribution in [2.45, 2.75) is 6.92 Å². The van der Waals surface area contributed by atoms with Crippen molar-refractivity contribution in [2.75, 3.05) is 33.8 Å². The van der Waals surface area contributed by atoms with Gasteiger partial charge in [-0.05, 0) is 42.8 Å². The average molecular weight is 529 g/mol. The standard InChI is InChI=1S/C25H24N2O7S2/c1-14(28)16(23(29)26-17-8-6-7-9-18(17)31-2)13-27-24(30)21(36-25(27)35)12-15-10-19(32-3)22(34-5)20(11-15)33-4/h6-13H,1-5H3,(H,26,29)/b16-13?,21-12-. The lowest BCUT2D eigenvalue weighted by Gasteiger charge is -2.14. The summed E-state index contributed by atoms with van der Waals surface area (Å²) in [6.07, 6.45) is 2.76. The van der Waals surface area contributed by atoms with Crippen LogP contribution in [0.1, 0.15) is 12.5 Å². The van der Waals surface area contributed by atoms with E-state index < -0.39 is 17.6 Å². The molecule has 188 valence electrons. The summed E-state index contributed by atoms with van der Waals surface area (Å²) in [5.41, 5.74) is 0.741. The van der Waals surface area contributed by atoms with Crippen LogP contribution in [0.25, 0.3) is 6.08 Å². The number of anilines is 1. The summed E-state index contributed by atoms with van der Waals surface area (Å²) >= 11 is 6.40. The second-order valence-electron chi connectivity index (χ2n) is 7.26. The number of para-hydroxylation sites is 2. The minimum atomic E-state index is -0.699. The second-order valence-corrected chi connectivity index (χ2v) is 8.94. The number of hydrogen-bond donors (Lipinski definition) is 1. The first-order valence-corrected chi connectivity index (χ1v) is 11.7. The van der Waals surface area contributed by atoms with Crippen LogP contribution in [-0.2, 0) is 14.4 Å². The van der Waals surface area contributed by atoms with Crippen LogP contribution in [0.3, 0.4) is 0 Å². The number of thioether (sulfide) groups is 1. The first kappa shape index (κ1) is 26.8. The van der Waals surface area contributed by atoms with Gasteiger partial charge < -0.3 is 24.3 Å². The minimum Gasteiger partial charge on any atom is -0.495 e. The Morgan fingerprint density at radius 1 is 0.972 bits per heavy atom. The summed E-state index contributed by atoms with van der Waals surface area (Å²) in [4.78, 5) is 39.7. The molecule has 1 fully saturated rings. The molecule has 0 unspecified atom stereocenters. The molecule has 1 N–H and O–H groups in total. The van der Waals surface area contributed by atoms with Crippen molar-refractivity contribution in [3.8, 4) is 23.0 Å². The maximum atomic E-state index is 13.1. The molecule has 36 heavy (non-hydrogen) atoms. The van der Waals surface area contributed by atoms with Crippen LogP contribution in [0.5, 0.6) is 23.0 Å². The van der Waals surface area contributed by atoms with Crippen LogP contribution in [0.15, 0.2) is 53.1 Å². The number of carbonyl (C=O) groups is 3. The Balaban J connectivity index is 1.92. The fourth-order valence-corrected chi connectivity index (χ4v) is 4.51. The van der Waals surface area contributed by atoms with E-state index in [4.69, 9.17) is 31.2 Å². The molecule has 0 spiro atoms. The van der Waals surface area contributed by atoms with Gasteiger partial charge in [0.15, 0.2) is 21.6 Å². The number of thiocarbonyl (C=S) groups is 1. The van der Waals surface area contributed by atoms with Crippen molar-refractivity contribution in [1.82, 2.24) is 4.90 Å². The fourth-order valence-electron chi connectivity index (χ4n) is 3.30. The van der Waals surface area contributed by atoms with Crippen LogP contribution < -0.4 is 24.3 Å². The molecule has 11 heteroatoms. The van der Waals surface area contributed by atoms with E-state index in [1.165, 1.54) is 35.4 Å². The van der Waals surface area contributed by atoms with Crippen molar-refractivity contribution in [3.05, 3.63) is 58.6 Å². The minimum absolute atomic E-state index is 0.169. The number of nitrogens with one attached hydrogen (secondary N) is 1. The van der Waals surface area contributed by atoms with E-state index in [2.05, 4.69) is 5.32 Å². The van der Waals surface area contributed by atoms with Crippen molar-refractivity contribution in [1.29, 1.82) is 0 Å². The quantitative estimate of drug-likeness (QED) is 0.224. The molecule has 0 aromatic heterocycles. The van der Waals surface area contributed by atoms with Gasteiger partial charge in [-0.2, -0.15) is 0 Å². The summed E-state index contributed by atoms with van der Waals surface area (Å²) in [6.45, 7) is 1.23. The largest absolute Gasteiger partial charge is 0.495 e. The Morgan fingerprint density at radius 2 is 1.58 bits per heavy atom. The summed E-state index contributed by atoms with van der Waals surface area (Å²) in [5, 5.41) is 2.64. The zero-order valence-electron chi connectivity index (χ0n) is 20.2. The van der Waals surface area contributed by atoms with Gasteiger partial charge in [0, 0.05) is 6.20 Å². The highest BCUT2D eigenvalue weighted by Gasteiger charge is 2.33. The van der Waals surface area contributed by atoms with Crippen molar-refractivity contribution in [2.24, 2.45) is 0 Å². The average Bonchev–Trinajstić information content (AvgIpc) is 3.13. The molecule has 1 aliphatic rings. The smallest absolute Gasteiger partial charge is 0.270 e. The zero-order chi connectivity index (χ0) is 26.4. The van der Waals surface area contributed by atoms with E-state index in [1.54, 1.807) is 42.5 Å². The molecule has 0 radical (unpaired) electrons. The summed E-state index contributed by atoms with van der Waals surface area (Å²) in [6, 6.07) is 10.1. The SMILES string of the molecule is COc1ccccc1NC(=O)C(=CN1C(=O)/C(=C/c2cc(OC)c(OC)c(OC)c2)SC1=S)C(C)=O. The summed E-state index contributed by atoms with van der Waals surface area (Å²) in [7, 11) is 5.94. The Bertz CT molecular complexity index is 1260. The normalized spacial score (nSPS) is 14.6. The van der Waals surface area contributed by atoms with Crippen LogP contribution in [-0.4, -0.2) is 55.3 Å². The maximum absolute atomic E-state index is 13.1. The van der Waals surface area contributed by atoms with Gasteiger partial charge in [0.25, 0.3) is 11.8 Å². The summed E-state index contributed by atoms with van der Waals surface area (Å²) in [5.74, 6) is -0.0366. The Morgan fingerprint density at radius 3 is 2.14 bits per heavy atom. The molecule has 1 aliphatic heterocycles. The van der Waals surface area contributed by atoms with E-state index >= 15 is 0 Å². The van der Waals surface area contributed by atoms with E-state index in [1.807, 2.05) is 0 Å². The van der Waals surface area contributed by atoms with E-state index in [0.29, 0.717) is 39.2 Å². The molecular formula is C25H24N2O7S2. The van der Waals surface area contributed by atoms with Gasteiger partial charge in [-0.15, -0.1) is 0 Å². The predicted octanol–water partition coefficient (Wildman–Crippen LogP) is 4.03. The number of Topliss-reactive ketones (excluding diaryl/α,β-unsaturated/α-hetero) is 1. The van der Waals surface area contributed by atoms with Crippen molar-refractivity contribution < 1.29 is 33.3 Å². The number of ketones is 1. The van der Waals surface area contributed by atoms with E-state index in [9.17, 15) is 14.4 Å². The van der Waals surface area contributed by atoms with Gasteiger partial charge >= 0.3 is 0 Å². The first-order chi connectivity index (χ1) is 17.2. The molecule has 0 saturated carbocycles. The zero-order valence-corrected chi connectivity index (χ0v) is 21.9. The Kier molecular flexibility index (Phi) is 8.73. The van der Waals surface area contributed by atoms with E-state index in [-0.39, 0.29) is 9.89 Å². The van der Waals surface area contributed by atoms with Gasteiger partial charge in [0.2, 0.25) is 5.75 Å². The lowest BCUT2D eigenvalue weighted by atomic mass is 10.1. The highest BCUT2D eigenvalue weighted by atomic mass is 32.2. The van der Waals surface area contributed by atoms with Crippen LogP contribution in [0.4, 0.5) is 5.69 Å². The van der Waals surface area contributed by atoms with Crippen molar-refractivity contribution in [3.63, 3.8) is 0 Å². The molecule has 1 heterocycles. The lowest BCUT2D eigenvalue weighted by Crippen LogP contribution is -2.27. The predicted molar refractivity (Wildman–Crippen MR) is 141 cm³/mol. The third-order valence-electron chi connectivity index (χ3n) is 5.05. The number of benzene rings is 2. The number of amides is 2. The van der Waals surface area contributed by atoms with Crippen LogP contribution in [0.2, 0.25) is 0 Å². The number of ether oxygens (including phenoxy) is 4. The fraction of sp³-hybridized carbons (Fsp3) is 0.200. The molecule has 3 rings (SSSR count). The van der Waals surface area contributed by atoms with Crippen LogP contribution >= 0.6 is 24.0 Å².